The lowest BCUT2D eigenvalue weighted by molar-refractivity contribution is -0.137. The van der Waals surface area contributed by atoms with Gasteiger partial charge in [0.1, 0.15) is 24.2 Å². The summed E-state index contributed by atoms with van der Waals surface area (Å²) in [7, 11) is 1.31. The van der Waals surface area contributed by atoms with Crippen molar-refractivity contribution in [1.82, 2.24) is 20.2 Å². The number of methoxy groups -OCH3 is 1. The van der Waals surface area contributed by atoms with Crippen molar-refractivity contribution in [2.45, 2.75) is 51.9 Å². The number of hydrogen-bond acceptors (Lipinski definition) is 5. The van der Waals surface area contributed by atoms with E-state index in [1.165, 1.54) is 7.11 Å². The molecule has 40 heavy (non-hydrogen) atoms. The molecule has 1 aromatic heterocycles. The Bertz CT molecular complexity index is 1700. The number of ether oxygens (including phenoxy) is 2. The zero-order chi connectivity index (χ0) is 27.9. The lowest BCUT2D eigenvalue weighted by Gasteiger charge is -2.32. The van der Waals surface area contributed by atoms with E-state index in [-0.39, 0.29) is 23.9 Å². The lowest BCUT2D eigenvalue weighted by atomic mass is 9.94. The number of piperidine rings is 1. The molecule has 3 aliphatic rings. The number of carbonyl (C=O) groups is 2. The molecule has 1 aliphatic carbocycles. The number of amides is 2. The van der Waals surface area contributed by atoms with E-state index in [2.05, 4.69) is 35.4 Å². The van der Waals surface area contributed by atoms with Crippen molar-refractivity contribution in [1.29, 1.82) is 0 Å². The first-order chi connectivity index (χ1) is 19.2. The minimum Gasteiger partial charge on any atom is -0.488 e. The number of aromatic nitrogens is 2. The van der Waals surface area contributed by atoms with E-state index in [1.807, 2.05) is 43.0 Å². The third kappa shape index (κ3) is 3.84. The van der Waals surface area contributed by atoms with Crippen LogP contribution >= 0.6 is 11.6 Å². The van der Waals surface area contributed by atoms with Crippen molar-refractivity contribution in [3.8, 4) is 16.9 Å². The number of carbonyl (C=O) groups excluding carboxylic acids is 2. The van der Waals surface area contributed by atoms with Gasteiger partial charge in [-0.1, -0.05) is 44.5 Å². The van der Waals surface area contributed by atoms with Crippen LogP contribution in [0.5, 0.6) is 5.75 Å². The Morgan fingerprint density at radius 3 is 2.77 bits per heavy atom. The van der Waals surface area contributed by atoms with Gasteiger partial charge in [-0.25, -0.2) is 9.78 Å². The van der Waals surface area contributed by atoms with E-state index in [0.29, 0.717) is 23.5 Å². The predicted octanol–water partition coefficient (Wildman–Crippen LogP) is 6.22. The standard InChI is InChI=1S/C31H31ClN4O4/c1-14(2)26(35-31(38)39-4)30(37)36-24(11-20-15(3)28(20)36)29-33-23-8-5-16-10-22-19-7-6-18(32)9-17(19)13-40-25(22)12-21(16)27(23)34-29/h5-10,12,14-15,20,24,26,28H,11,13H2,1-4H3,(H,33,34)(H,35,38). The topological polar surface area (TPSA) is 96.6 Å². The summed E-state index contributed by atoms with van der Waals surface area (Å²) in [6, 6.07) is 13.6. The number of nitrogens with one attached hydrogen (secondary N) is 2. The van der Waals surface area contributed by atoms with Crippen LogP contribution in [0, 0.1) is 17.8 Å². The van der Waals surface area contributed by atoms with Crippen LogP contribution in [0.4, 0.5) is 4.79 Å². The smallest absolute Gasteiger partial charge is 0.407 e. The molecule has 0 spiro atoms. The van der Waals surface area contributed by atoms with Crippen LogP contribution in [0.2, 0.25) is 5.02 Å². The molecule has 2 N–H and O–H groups in total. The second kappa shape index (κ2) is 9.13. The van der Waals surface area contributed by atoms with Gasteiger partial charge in [0.25, 0.3) is 0 Å². The van der Waals surface area contributed by atoms with Crippen LogP contribution in [0.25, 0.3) is 32.9 Å². The summed E-state index contributed by atoms with van der Waals surface area (Å²) in [4.78, 5) is 36.5. The van der Waals surface area contributed by atoms with E-state index in [9.17, 15) is 9.59 Å². The Balaban J connectivity index is 1.27. The number of benzene rings is 3. The van der Waals surface area contributed by atoms with Crippen LogP contribution in [0.1, 0.15) is 44.6 Å². The molecule has 2 aliphatic heterocycles. The molecule has 1 saturated heterocycles. The third-order valence-corrected chi connectivity index (χ3v) is 9.19. The molecule has 5 atom stereocenters. The molecule has 9 heteroatoms. The molecular weight excluding hydrogens is 528 g/mol. The minimum atomic E-state index is -0.673. The number of alkyl carbamates (subject to hydrolysis) is 1. The minimum absolute atomic E-state index is 0.0891. The zero-order valence-corrected chi connectivity index (χ0v) is 23.6. The molecular formula is C31H31ClN4O4. The van der Waals surface area contributed by atoms with Gasteiger partial charge in [-0.15, -0.1) is 0 Å². The maximum Gasteiger partial charge on any atom is 0.407 e. The summed E-state index contributed by atoms with van der Waals surface area (Å²) in [6.07, 6.45) is 0.241. The van der Waals surface area contributed by atoms with E-state index >= 15 is 0 Å². The molecule has 3 aromatic carbocycles. The first-order valence-corrected chi connectivity index (χ1v) is 14.2. The maximum absolute atomic E-state index is 13.9. The largest absolute Gasteiger partial charge is 0.488 e. The van der Waals surface area contributed by atoms with Crippen molar-refractivity contribution >= 4 is 45.4 Å². The van der Waals surface area contributed by atoms with Crippen LogP contribution < -0.4 is 10.1 Å². The molecule has 1 saturated carbocycles. The monoisotopic (exact) mass is 558 g/mol. The number of rotatable bonds is 4. The van der Waals surface area contributed by atoms with Gasteiger partial charge < -0.3 is 24.7 Å². The van der Waals surface area contributed by atoms with Crippen molar-refractivity contribution in [3.63, 3.8) is 0 Å². The van der Waals surface area contributed by atoms with Gasteiger partial charge in [0.15, 0.2) is 0 Å². The fourth-order valence-corrected chi connectivity index (χ4v) is 6.95. The number of hydrogen-bond donors (Lipinski definition) is 2. The number of H-pyrrole nitrogens is 1. The van der Waals surface area contributed by atoms with Gasteiger partial charge in [-0.3, -0.25) is 4.79 Å². The number of halogens is 1. The van der Waals surface area contributed by atoms with E-state index in [4.69, 9.17) is 26.1 Å². The predicted molar refractivity (Wildman–Crippen MR) is 153 cm³/mol. The van der Waals surface area contributed by atoms with Gasteiger partial charge in [0, 0.05) is 22.0 Å². The first-order valence-electron chi connectivity index (χ1n) is 13.8. The molecule has 0 bridgehead atoms. The number of likely N-dealkylation sites (tertiary alicyclic amines) is 1. The zero-order valence-electron chi connectivity index (χ0n) is 22.8. The molecule has 3 heterocycles. The number of nitrogens with zero attached hydrogens (tertiary/aromatic N) is 2. The highest BCUT2D eigenvalue weighted by atomic mass is 35.5. The summed E-state index contributed by atoms with van der Waals surface area (Å²) in [5.41, 5.74) is 5.02. The van der Waals surface area contributed by atoms with E-state index in [0.717, 1.165) is 56.5 Å². The Hall–Kier alpha value is -3.78. The number of imidazole rings is 1. The van der Waals surface area contributed by atoms with Gasteiger partial charge in [-0.2, -0.15) is 0 Å². The third-order valence-electron chi connectivity index (χ3n) is 8.95. The number of fused-ring (bicyclic) bond motifs is 7. The average molecular weight is 559 g/mol. The normalized spacial score (nSPS) is 23.4. The Labute approximate surface area is 237 Å². The van der Waals surface area contributed by atoms with Crippen LogP contribution in [0.3, 0.4) is 0 Å². The summed E-state index contributed by atoms with van der Waals surface area (Å²) in [5, 5.41) is 5.51. The molecule has 2 fully saturated rings. The van der Waals surface area contributed by atoms with Crippen LogP contribution in [-0.4, -0.2) is 46.1 Å². The molecule has 2 amide bonds. The van der Waals surface area contributed by atoms with Gasteiger partial charge >= 0.3 is 6.09 Å². The quantitative estimate of drug-likeness (QED) is 0.310. The Kier molecular flexibility index (Phi) is 5.75. The highest BCUT2D eigenvalue weighted by Gasteiger charge is 2.61. The van der Waals surface area contributed by atoms with Crippen molar-refractivity contribution in [2.24, 2.45) is 17.8 Å². The highest BCUT2D eigenvalue weighted by Crippen LogP contribution is 2.57. The second-order valence-electron chi connectivity index (χ2n) is 11.6. The maximum atomic E-state index is 13.9. The highest BCUT2D eigenvalue weighted by molar-refractivity contribution is 6.30. The Morgan fingerprint density at radius 2 is 2.00 bits per heavy atom. The van der Waals surface area contributed by atoms with E-state index < -0.39 is 12.1 Å². The fraction of sp³-hybridized carbons (Fsp3) is 0.387. The van der Waals surface area contributed by atoms with Crippen molar-refractivity contribution in [2.75, 3.05) is 7.11 Å². The summed E-state index contributed by atoms with van der Waals surface area (Å²) < 4.78 is 10.9. The van der Waals surface area contributed by atoms with Gasteiger partial charge in [0.05, 0.1) is 24.2 Å². The van der Waals surface area contributed by atoms with Crippen LogP contribution in [-0.2, 0) is 16.1 Å². The molecule has 7 rings (SSSR count). The average Bonchev–Trinajstić information content (AvgIpc) is 3.28. The van der Waals surface area contributed by atoms with Crippen LogP contribution in [0.15, 0.2) is 42.5 Å². The molecule has 8 nitrogen and oxygen atoms in total. The Morgan fingerprint density at radius 1 is 1.18 bits per heavy atom. The van der Waals surface area contributed by atoms with Gasteiger partial charge in [0.2, 0.25) is 5.91 Å². The molecule has 206 valence electrons. The summed E-state index contributed by atoms with van der Waals surface area (Å²) in [5.74, 6) is 2.27. The SMILES string of the molecule is COC(=O)NC(C(=O)N1C(c2nc3c(ccc4cc5c(cc43)OCc3cc(Cl)ccc3-5)[nH]2)CC2C(C)C21)C(C)C. The van der Waals surface area contributed by atoms with E-state index in [1.54, 1.807) is 0 Å². The summed E-state index contributed by atoms with van der Waals surface area (Å²) >= 11 is 6.22. The van der Waals surface area contributed by atoms with Crippen molar-refractivity contribution < 1.29 is 19.1 Å². The van der Waals surface area contributed by atoms with Gasteiger partial charge in [-0.05, 0) is 71.0 Å². The second-order valence-corrected chi connectivity index (χ2v) is 12.0. The molecule has 4 aromatic rings. The molecule has 5 unspecified atom stereocenters. The first kappa shape index (κ1) is 25.2. The summed E-state index contributed by atoms with van der Waals surface area (Å²) in [6.45, 7) is 6.51. The molecule has 0 radical (unpaired) electrons. The lowest BCUT2D eigenvalue weighted by Crippen LogP contribution is -2.52. The fourth-order valence-electron chi connectivity index (χ4n) is 6.75. The number of aromatic amines is 1. The van der Waals surface area contributed by atoms with Crippen molar-refractivity contribution in [3.05, 3.63) is 58.9 Å².